The molecule has 0 aliphatic heterocycles. The van der Waals surface area contributed by atoms with Crippen molar-refractivity contribution in [2.45, 2.75) is 6.42 Å². The number of halogens is 1. The first-order chi connectivity index (χ1) is 12.5. The van der Waals surface area contributed by atoms with Gasteiger partial charge < -0.3 is 20.1 Å². The van der Waals surface area contributed by atoms with Crippen LogP contribution in [0, 0.1) is 17.7 Å². The van der Waals surface area contributed by atoms with Crippen molar-refractivity contribution >= 4 is 23.2 Å². The van der Waals surface area contributed by atoms with Gasteiger partial charge in [-0.25, -0.2) is 4.39 Å². The van der Waals surface area contributed by atoms with Crippen LogP contribution < -0.4 is 20.1 Å². The van der Waals surface area contributed by atoms with Gasteiger partial charge >= 0.3 is 0 Å². The number of hydrogen-bond acceptors (Lipinski definition) is 4. The monoisotopic (exact) mass is 358 g/mol. The SMILES string of the molecule is COc1ccc(OC)c(NC(=O)C2CC2C(=O)Nc2ccccc2F)c1. The molecule has 2 atom stereocenters. The van der Waals surface area contributed by atoms with E-state index in [9.17, 15) is 14.0 Å². The van der Waals surface area contributed by atoms with E-state index in [-0.39, 0.29) is 17.5 Å². The number of anilines is 2. The van der Waals surface area contributed by atoms with Gasteiger partial charge in [0.2, 0.25) is 11.8 Å². The molecule has 0 radical (unpaired) electrons. The molecule has 0 saturated heterocycles. The van der Waals surface area contributed by atoms with Gasteiger partial charge in [0.25, 0.3) is 0 Å². The van der Waals surface area contributed by atoms with Gasteiger partial charge in [-0.2, -0.15) is 0 Å². The van der Waals surface area contributed by atoms with Crippen LogP contribution in [0.1, 0.15) is 6.42 Å². The highest BCUT2D eigenvalue weighted by Crippen LogP contribution is 2.41. The minimum absolute atomic E-state index is 0.109. The maximum Gasteiger partial charge on any atom is 0.228 e. The Morgan fingerprint density at radius 3 is 2.23 bits per heavy atom. The van der Waals surface area contributed by atoms with Crippen LogP contribution in [0.15, 0.2) is 42.5 Å². The molecule has 1 saturated carbocycles. The summed E-state index contributed by atoms with van der Waals surface area (Å²) < 4.78 is 24.0. The largest absolute Gasteiger partial charge is 0.497 e. The molecule has 0 heterocycles. The Hall–Kier alpha value is -3.09. The Morgan fingerprint density at radius 1 is 0.962 bits per heavy atom. The van der Waals surface area contributed by atoms with E-state index in [4.69, 9.17) is 9.47 Å². The van der Waals surface area contributed by atoms with E-state index in [1.54, 1.807) is 30.3 Å². The summed E-state index contributed by atoms with van der Waals surface area (Å²) in [5.41, 5.74) is 0.579. The van der Waals surface area contributed by atoms with E-state index in [1.807, 2.05) is 0 Å². The molecule has 0 spiro atoms. The molecule has 1 aliphatic rings. The number of nitrogens with one attached hydrogen (secondary N) is 2. The van der Waals surface area contributed by atoms with Crippen molar-refractivity contribution in [3.05, 3.63) is 48.3 Å². The summed E-state index contributed by atoms with van der Waals surface area (Å²) in [7, 11) is 3.02. The van der Waals surface area contributed by atoms with Gasteiger partial charge in [-0.15, -0.1) is 0 Å². The minimum atomic E-state index is -0.511. The van der Waals surface area contributed by atoms with Crippen LogP contribution in [0.2, 0.25) is 0 Å². The molecule has 2 N–H and O–H groups in total. The lowest BCUT2D eigenvalue weighted by atomic mass is 10.2. The maximum absolute atomic E-state index is 13.6. The summed E-state index contributed by atoms with van der Waals surface area (Å²) >= 11 is 0. The van der Waals surface area contributed by atoms with Gasteiger partial charge in [0.05, 0.1) is 37.4 Å². The summed E-state index contributed by atoms with van der Waals surface area (Å²) in [6.07, 6.45) is 0.415. The number of benzene rings is 2. The second-order valence-electron chi connectivity index (χ2n) is 5.97. The molecular weight excluding hydrogens is 339 g/mol. The van der Waals surface area contributed by atoms with E-state index >= 15 is 0 Å². The van der Waals surface area contributed by atoms with Gasteiger partial charge in [-0.1, -0.05) is 12.1 Å². The molecule has 0 bridgehead atoms. The van der Waals surface area contributed by atoms with E-state index in [1.165, 1.54) is 26.4 Å². The lowest BCUT2D eigenvalue weighted by molar-refractivity contribution is -0.122. The van der Waals surface area contributed by atoms with Gasteiger partial charge in [-0.05, 0) is 30.7 Å². The molecule has 2 aromatic rings. The van der Waals surface area contributed by atoms with Crippen molar-refractivity contribution in [1.29, 1.82) is 0 Å². The number of carbonyl (C=O) groups excluding carboxylic acids is 2. The standard InChI is InChI=1S/C19H19FN2O4/c1-25-11-7-8-17(26-2)16(9-11)22-19(24)13-10-12(13)18(23)21-15-6-4-3-5-14(15)20/h3-9,12-13H,10H2,1-2H3,(H,21,23)(H,22,24). The van der Waals surface area contributed by atoms with Gasteiger partial charge in [-0.3, -0.25) is 9.59 Å². The average molecular weight is 358 g/mol. The summed E-state index contributed by atoms with van der Waals surface area (Å²) in [6, 6.07) is 11.0. The fraction of sp³-hybridized carbons (Fsp3) is 0.263. The molecule has 26 heavy (non-hydrogen) atoms. The highest BCUT2D eigenvalue weighted by atomic mass is 19.1. The van der Waals surface area contributed by atoms with Crippen LogP contribution in [0.4, 0.5) is 15.8 Å². The fourth-order valence-corrected chi connectivity index (χ4v) is 2.70. The predicted molar refractivity (Wildman–Crippen MR) is 94.8 cm³/mol. The third-order valence-electron chi connectivity index (χ3n) is 4.26. The first-order valence-corrected chi connectivity index (χ1v) is 8.11. The van der Waals surface area contributed by atoms with Crippen LogP contribution >= 0.6 is 0 Å². The van der Waals surface area contributed by atoms with Crippen molar-refractivity contribution in [3.63, 3.8) is 0 Å². The highest BCUT2D eigenvalue weighted by Gasteiger charge is 2.48. The Morgan fingerprint density at radius 2 is 1.62 bits per heavy atom. The van der Waals surface area contributed by atoms with Crippen LogP contribution in [-0.4, -0.2) is 26.0 Å². The molecule has 1 fully saturated rings. The minimum Gasteiger partial charge on any atom is -0.497 e. The number of methoxy groups -OCH3 is 2. The summed E-state index contributed by atoms with van der Waals surface area (Å²) in [4.78, 5) is 24.6. The molecule has 7 heteroatoms. The number of rotatable bonds is 6. The van der Waals surface area contributed by atoms with Gasteiger partial charge in [0.15, 0.2) is 0 Å². The van der Waals surface area contributed by atoms with E-state index in [2.05, 4.69) is 10.6 Å². The Labute approximate surface area is 150 Å². The Kier molecular flexibility index (Phi) is 5.06. The molecule has 3 rings (SSSR count). The zero-order valence-corrected chi connectivity index (χ0v) is 14.4. The lowest BCUT2D eigenvalue weighted by Crippen LogP contribution is -2.21. The molecular formula is C19H19FN2O4. The van der Waals surface area contributed by atoms with Crippen LogP contribution in [0.5, 0.6) is 11.5 Å². The van der Waals surface area contributed by atoms with Crippen molar-refractivity contribution in [1.82, 2.24) is 0 Å². The predicted octanol–water partition coefficient (Wildman–Crippen LogP) is 3.06. The normalized spacial score (nSPS) is 18.0. The van der Waals surface area contributed by atoms with Crippen LogP contribution in [0.25, 0.3) is 0 Å². The van der Waals surface area contributed by atoms with Gasteiger partial charge in [0.1, 0.15) is 17.3 Å². The van der Waals surface area contributed by atoms with E-state index < -0.39 is 17.7 Å². The summed E-state index contributed by atoms with van der Waals surface area (Å²) in [5.74, 6) is -1.04. The van der Waals surface area contributed by atoms with Crippen molar-refractivity contribution < 1.29 is 23.5 Å². The topological polar surface area (TPSA) is 76.7 Å². The zero-order valence-electron chi connectivity index (χ0n) is 14.4. The lowest BCUT2D eigenvalue weighted by Gasteiger charge is -2.12. The van der Waals surface area contributed by atoms with Crippen LogP contribution in [0.3, 0.4) is 0 Å². The zero-order chi connectivity index (χ0) is 18.7. The van der Waals surface area contributed by atoms with Crippen molar-refractivity contribution in [2.24, 2.45) is 11.8 Å². The third kappa shape index (κ3) is 3.77. The summed E-state index contributed by atoms with van der Waals surface area (Å²) in [6.45, 7) is 0. The van der Waals surface area contributed by atoms with Gasteiger partial charge in [0, 0.05) is 6.07 Å². The van der Waals surface area contributed by atoms with Crippen molar-refractivity contribution in [2.75, 3.05) is 24.9 Å². The number of amides is 2. The van der Waals surface area contributed by atoms with E-state index in [0.717, 1.165) is 0 Å². The van der Waals surface area contributed by atoms with Crippen molar-refractivity contribution in [3.8, 4) is 11.5 Å². The smallest absolute Gasteiger partial charge is 0.228 e. The first kappa shape index (κ1) is 17.7. The number of ether oxygens (including phenoxy) is 2. The number of para-hydroxylation sites is 1. The second kappa shape index (κ2) is 7.43. The fourth-order valence-electron chi connectivity index (χ4n) is 2.70. The molecule has 2 aromatic carbocycles. The van der Waals surface area contributed by atoms with E-state index in [0.29, 0.717) is 23.6 Å². The second-order valence-corrected chi connectivity index (χ2v) is 5.97. The number of hydrogen-bond donors (Lipinski definition) is 2. The van der Waals surface area contributed by atoms with Crippen LogP contribution in [-0.2, 0) is 9.59 Å². The Balaban J connectivity index is 1.62. The quantitative estimate of drug-likeness (QED) is 0.832. The maximum atomic E-state index is 13.6. The molecule has 2 unspecified atom stereocenters. The third-order valence-corrected chi connectivity index (χ3v) is 4.26. The number of carbonyl (C=O) groups is 2. The molecule has 1 aliphatic carbocycles. The molecule has 6 nitrogen and oxygen atoms in total. The first-order valence-electron chi connectivity index (χ1n) is 8.11. The molecule has 136 valence electrons. The average Bonchev–Trinajstić information content (AvgIpc) is 3.44. The Bertz CT molecular complexity index is 840. The summed E-state index contributed by atoms with van der Waals surface area (Å²) in [5, 5.41) is 5.28. The molecule has 2 amide bonds. The highest BCUT2D eigenvalue weighted by molar-refractivity contribution is 6.03. The molecule has 0 aromatic heterocycles.